The average molecular weight is 378 g/mol. The Balaban J connectivity index is 1.69. The molecular formula is C18H13F3N2O2S. The maximum absolute atomic E-state index is 13.8. The highest BCUT2D eigenvalue weighted by molar-refractivity contribution is 7.14. The molecule has 0 aliphatic carbocycles. The lowest BCUT2D eigenvalue weighted by Crippen LogP contribution is -2.14. The van der Waals surface area contributed by atoms with E-state index < -0.39 is 23.4 Å². The summed E-state index contributed by atoms with van der Waals surface area (Å²) >= 11 is 1.11. The molecule has 0 saturated carbocycles. The monoisotopic (exact) mass is 378 g/mol. The normalized spacial score (nSPS) is 10.6. The van der Waals surface area contributed by atoms with E-state index in [1.54, 1.807) is 11.4 Å². The van der Waals surface area contributed by atoms with Crippen LogP contribution in [0.4, 0.5) is 18.3 Å². The van der Waals surface area contributed by atoms with Crippen LogP contribution in [0.2, 0.25) is 0 Å². The number of rotatable bonds is 5. The van der Waals surface area contributed by atoms with Crippen LogP contribution in [0.3, 0.4) is 0 Å². The van der Waals surface area contributed by atoms with Gasteiger partial charge in [-0.05, 0) is 29.8 Å². The fourth-order valence-electron chi connectivity index (χ4n) is 2.32. The lowest BCUT2D eigenvalue weighted by molar-refractivity contribution is -0.115. The Morgan fingerprint density at radius 1 is 1.15 bits per heavy atom. The molecular weight excluding hydrogens is 365 g/mol. The number of thiazole rings is 1. The smallest absolute Gasteiger partial charge is 0.230 e. The molecule has 8 heteroatoms. The maximum atomic E-state index is 13.8. The highest BCUT2D eigenvalue weighted by atomic mass is 32.1. The molecule has 0 atom stereocenters. The molecule has 0 bridgehead atoms. The number of aromatic nitrogens is 1. The van der Waals surface area contributed by atoms with E-state index in [4.69, 9.17) is 4.74 Å². The predicted octanol–water partition coefficient (Wildman–Crippen LogP) is 4.42. The van der Waals surface area contributed by atoms with Crippen molar-refractivity contribution in [2.24, 2.45) is 0 Å². The van der Waals surface area contributed by atoms with Gasteiger partial charge in [0, 0.05) is 17.0 Å². The van der Waals surface area contributed by atoms with Crippen LogP contribution < -0.4 is 10.1 Å². The predicted molar refractivity (Wildman–Crippen MR) is 92.8 cm³/mol. The molecule has 0 spiro atoms. The zero-order valence-corrected chi connectivity index (χ0v) is 14.4. The van der Waals surface area contributed by atoms with E-state index in [-0.39, 0.29) is 22.9 Å². The Morgan fingerprint density at radius 2 is 1.96 bits per heavy atom. The first-order valence-corrected chi connectivity index (χ1v) is 8.37. The van der Waals surface area contributed by atoms with Gasteiger partial charge in [0.25, 0.3) is 0 Å². The molecule has 0 saturated heterocycles. The molecule has 2 aromatic carbocycles. The summed E-state index contributed by atoms with van der Waals surface area (Å²) in [5.74, 6) is -2.26. The van der Waals surface area contributed by atoms with E-state index in [1.807, 2.05) is 0 Å². The number of carbonyl (C=O) groups is 1. The summed E-state index contributed by atoms with van der Waals surface area (Å²) in [5.41, 5.74) is 0.904. The molecule has 1 amide bonds. The zero-order chi connectivity index (χ0) is 18.7. The molecule has 1 heterocycles. The van der Waals surface area contributed by atoms with Gasteiger partial charge in [-0.2, -0.15) is 0 Å². The quantitative estimate of drug-likeness (QED) is 0.715. The van der Waals surface area contributed by atoms with Crippen molar-refractivity contribution < 1.29 is 22.7 Å². The van der Waals surface area contributed by atoms with Gasteiger partial charge >= 0.3 is 0 Å². The fourth-order valence-corrected chi connectivity index (χ4v) is 3.05. The number of hydrogen-bond donors (Lipinski definition) is 1. The first-order chi connectivity index (χ1) is 12.5. The second kappa shape index (κ2) is 7.57. The molecule has 0 unspecified atom stereocenters. The number of amides is 1. The van der Waals surface area contributed by atoms with Crippen LogP contribution in [-0.4, -0.2) is 18.0 Å². The second-order valence-corrected chi connectivity index (χ2v) is 6.21. The molecule has 0 aliphatic rings. The highest BCUT2D eigenvalue weighted by Crippen LogP contribution is 2.27. The molecule has 3 rings (SSSR count). The van der Waals surface area contributed by atoms with Crippen molar-refractivity contribution in [2.75, 3.05) is 12.4 Å². The van der Waals surface area contributed by atoms with Gasteiger partial charge in [-0.25, -0.2) is 18.2 Å². The minimum absolute atomic E-state index is 0.0548. The van der Waals surface area contributed by atoms with Gasteiger partial charge in [0.15, 0.2) is 16.7 Å². The van der Waals surface area contributed by atoms with Crippen molar-refractivity contribution in [1.29, 1.82) is 0 Å². The summed E-state index contributed by atoms with van der Waals surface area (Å²) in [6.07, 6.45) is -0.0548. The van der Waals surface area contributed by atoms with Gasteiger partial charge in [-0.3, -0.25) is 4.79 Å². The van der Waals surface area contributed by atoms with Crippen molar-refractivity contribution in [3.8, 4) is 17.0 Å². The number of hydrogen-bond acceptors (Lipinski definition) is 4. The van der Waals surface area contributed by atoms with Crippen LogP contribution in [0.15, 0.2) is 41.8 Å². The van der Waals surface area contributed by atoms with E-state index in [0.717, 1.165) is 23.5 Å². The molecule has 134 valence electrons. The Kier molecular flexibility index (Phi) is 5.22. The lowest BCUT2D eigenvalue weighted by atomic mass is 10.1. The van der Waals surface area contributed by atoms with E-state index in [0.29, 0.717) is 11.3 Å². The van der Waals surface area contributed by atoms with Crippen LogP contribution >= 0.6 is 11.3 Å². The molecule has 0 aliphatic heterocycles. The third kappa shape index (κ3) is 4.02. The number of anilines is 1. The summed E-state index contributed by atoms with van der Waals surface area (Å²) in [4.78, 5) is 16.2. The van der Waals surface area contributed by atoms with Gasteiger partial charge in [-0.15, -0.1) is 11.3 Å². The number of methoxy groups -OCH3 is 1. The largest absolute Gasteiger partial charge is 0.494 e. The Bertz CT molecular complexity index is 959. The number of nitrogens with zero attached hydrogens (tertiary/aromatic N) is 1. The summed E-state index contributed by atoms with van der Waals surface area (Å²) in [6, 6.07) is 7.43. The van der Waals surface area contributed by atoms with Crippen LogP contribution in [-0.2, 0) is 11.2 Å². The highest BCUT2D eigenvalue weighted by Gasteiger charge is 2.13. The summed E-state index contributed by atoms with van der Waals surface area (Å²) < 4.78 is 45.2. The Labute approximate surface area is 151 Å². The van der Waals surface area contributed by atoms with E-state index >= 15 is 0 Å². The number of ether oxygens (including phenoxy) is 1. The SMILES string of the molecule is COc1ccc(CC(=O)Nc2nc(-c3ccc(F)cc3F)cs2)cc1F. The Hall–Kier alpha value is -2.87. The molecule has 3 aromatic rings. The summed E-state index contributed by atoms with van der Waals surface area (Å²) in [5, 5.41) is 4.40. The fraction of sp³-hybridized carbons (Fsp3) is 0.111. The average Bonchev–Trinajstić information content (AvgIpc) is 3.03. The summed E-state index contributed by atoms with van der Waals surface area (Å²) in [7, 11) is 1.36. The van der Waals surface area contributed by atoms with Crippen molar-refractivity contribution in [3.63, 3.8) is 0 Å². The molecule has 4 nitrogen and oxygen atoms in total. The van der Waals surface area contributed by atoms with Gasteiger partial charge in [0.2, 0.25) is 5.91 Å². The number of halogens is 3. The van der Waals surface area contributed by atoms with Gasteiger partial charge in [0.1, 0.15) is 11.6 Å². The molecule has 0 radical (unpaired) electrons. The topological polar surface area (TPSA) is 51.2 Å². The third-order valence-corrected chi connectivity index (χ3v) is 4.30. The van der Waals surface area contributed by atoms with Crippen molar-refractivity contribution in [3.05, 3.63) is 64.8 Å². The molecule has 0 fully saturated rings. The molecule has 26 heavy (non-hydrogen) atoms. The first-order valence-electron chi connectivity index (χ1n) is 7.49. The zero-order valence-electron chi connectivity index (χ0n) is 13.6. The van der Waals surface area contributed by atoms with E-state index in [9.17, 15) is 18.0 Å². The minimum atomic E-state index is -0.734. The number of carbonyl (C=O) groups excluding carboxylic acids is 1. The molecule has 1 N–H and O–H groups in total. The third-order valence-electron chi connectivity index (χ3n) is 3.54. The summed E-state index contributed by atoms with van der Waals surface area (Å²) in [6.45, 7) is 0. The maximum Gasteiger partial charge on any atom is 0.230 e. The van der Waals surface area contributed by atoms with Gasteiger partial charge < -0.3 is 10.1 Å². The van der Waals surface area contributed by atoms with Crippen molar-refractivity contribution in [1.82, 2.24) is 4.98 Å². The second-order valence-electron chi connectivity index (χ2n) is 5.36. The number of nitrogens with one attached hydrogen (secondary N) is 1. The molecule has 1 aromatic heterocycles. The lowest BCUT2D eigenvalue weighted by Gasteiger charge is -2.05. The van der Waals surface area contributed by atoms with Crippen molar-refractivity contribution >= 4 is 22.4 Å². The van der Waals surface area contributed by atoms with E-state index in [1.165, 1.54) is 25.3 Å². The van der Waals surface area contributed by atoms with Gasteiger partial charge in [-0.1, -0.05) is 6.07 Å². The van der Waals surface area contributed by atoms with Gasteiger partial charge in [0.05, 0.1) is 19.2 Å². The standard InChI is InChI=1S/C18H13F3N2O2S/c1-25-16-5-2-10(6-14(16)21)7-17(24)23-18-22-15(9-26-18)12-4-3-11(19)8-13(12)20/h2-6,8-9H,7H2,1H3,(H,22,23,24). The van der Waals surface area contributed by atoms with Crippen LogP contribution in [0, 0.1) is 17.5 Å². The number of benzene rings is 2. The Morgan fingerprint density at radius 3 is 2.65 bits per heavy atom. The first kappa shape index (κ1) is 17.9. The van der Waals surface area contributed by atoms with E-state index in [2.05, 4.69) is 10.3 Å². The van der Waals surface area contributed by atoms with Crippen LogP contribution in [0.25, 0.3) is 11.3 Å². The van der Waals surface area contributed by atoms with Crippen LogP contribution in [0.5, 0.6) is 5.75 Å². The van der Waals surface area contributed by atoms with Crippen LogP contribution in [0.1, 0.15) is 5.56 Å². The minimum Gasteiger partial charge on any atom is -0.494 e. The van der Waals surface area contributed by atoms with Crippen molar-refractivity contribution in [2.45, 2.75) is 6.42 Å².